The summed E-state index contributed by atoms with van der Waals surface area (Å²) in [5.41, 5.74) is 1.32. The van der Waals surface area contributed by atoms with Crippen LogP contribution in [0.15, 0.2) is 48.5 Å². The van der Waals surface area contributed by atoms with Gasteiger partial charge >= 0.3 is 0 Å². The van der Waals surface area contributed by atoms with Crippen molar-refractivity contribution < 1.29 is 18.7 Å². The number of carbonyl (C=O) groups is 2. The molecule has 142 valence electrons. The van der Waals surface area contributed by atoms with E-state index >= 15 is 0 Å². The molecule has 1 fully saturated rings. The minimum Gasteiger partial charge on any atom is -0.488 e. The first-order chi connectivity index (χ1) is 13.1. The second kappa shape index (κ2) is 8.66. The summed E-state index contributed by atoms with van der Waals surface area (Å²) < 4.78 is 18.8. The zero-order valence-electron chi connectivity index (χ0n) is 15.4. The Labute approximate surface area is 158 Å². The summed E-state index contributed by atoms with van der Waals surface area (Å²) >= 11 is 0. The zero-order chi connectivity index (χ0) is 19.2. The fourth-order valence-corrected chi connectivity index (χ4v) is 3.06. The molecule has 2 amide bonds. The Morgan fingerprint density at radius 1 is 0.963 bits per heavy atom. The Morgan fingerprint density at radius 2 is 1.59 bits per heavy atom. The third-order valence-electron chi connectivity index (χ3n) is 4.65. The van der Waals surface area contributed by atoms with Crippen molar-refractivity contribution in [2.75, 3.05) is 26.2 Å². The van der Waals surface area contributed by atoms with Crippen molar-refractivity contribution >= 4 is 11.8 Å². The number of hydrogen-bond donors (Lipinski definition) is 0. The summed E-state index contributed by atoms with van der Waals surface area (Å²) in [4.78, 5) is 28.2. The van der Waals surface area contributed by atoms with Gasteiger partial charge in [0.25, 0.3) is 5.91 Å². The average molecular weight is 370 g/mol. The molecule has 0 unspecified atom stereocenters. The lowest BCUT2D eigenvalue weighted by Gasteiger charge is -2.35. The maximum absolute atomic E-state index is 13.0. The highest BCUT2D eigenvalue weighted by molar-refractivity contribution is 5.97. The van der Waals surface area contributed by atoms with E-state index in [2.05, 4.69) is 0 Å². The number of amides is 2. The highest BCUT2D eigenvalue weighted by Crippen LogP contribution is 2.22. The van der Waals surface area contributed by atoms with Crippen LogP contribution in [0, 0.1) is 5.82 Å². The maximum atomic E-state index is 13.0. The van der Waals surface area contributed by atoms with Gasteiger partial charge in [-0.3, -0.25) is 9.59 Å². The van der Waals surface area contributed by atoms with E-state index in [1.165, 1.54) is 12.1 Å². The predicted octanol–water partition coefficient (Wildman–Crippen LogP) is 3.10. The summed E-state index contributed by atoms with van der Waals surface area (Å²) in [5.74, 6) is 0.215. The smallest absolute Gasteiger partial charge is 0.257 e. The van der Waals surface area contributed by atoms with E-state index in [1.54, 1.807) is 40.1 Å². The molecule has 0 bridgehead atoms. The number of piperazine rings is 1. The van der Waals surface area contributed by atoms with E-state index < -0.39 is 0 Å². The van der Waals surface area contributed by atoms with Gasteiger partial charge < -0.3 is 14.5 Å². The van der Waals surface area contributed by atoms with Gasteiger partial charge in [-0.25, -0.2) is 4.39 Å². The second-order valence-corrected chi connectivity index (χ2v) is 6.44. The molecule has 0 N–H and O–H groups in total. The number of halogens is 1. The normalized spacial score (nSPS) is 14.1. The molecule has 0 spiro atoms. The Balaban J connectivity index is 1.65. The molecule has 0 aromatic heterocycles. The average Bonchev–Trinajstić information content (AvgIpc) is 2.72. The molecule has 1 saturated heterocycles. The van der Waals surface area contributed by atoms with Gasteiger partial charge in [-0.2, -0.15) is 0 Å². The van der Waals surface area contributed by atoms with Crippen LogP contribution < -0.4 is 4.74 Å². The molecule has 2 aromatic carbocycles. The van der Waals surface area contributed by atoms with Crippen molar-refractivity contribution in [1.29, 1.82) is 0 Å². The molecule has 3 rings (SSSR count). The van der Waals surface area contributed by atoms with Crippen molar-refractivity contribution in [2.45, 2.75) is 20.0 Å². The molecule has 1 aliphatic heterocycles. The number of benzene rings is 2. The third-order valence-corrected chi connectivity index (χ3v) is 4.65. The molecule has 0 radical (unpaired) electrons. The van der Waals surface area contributed by atoms with Gasteiger partial charge in [0.1, 0.15) is 18.2 Å². The standard InChI is InChI=1S/C21H23FN2O3/c1-2-20(25)23-11-13-24(14-12-23)21(26)18-5-3-4-6-19(18)27-15-16-7-9-17(22)10-8-16/h3-10H,2,11-15H2,1H3. The van der Waals surface area contributed by atoms with Gasteiger partial charge in [0.15, 0.2) is 0 Å². The van der Waals surface area contributed by atoms with Gasteiger partial charge in [-0.05, 0) is 29.8 Å². The largest absolute Gasteiger partial charge is 0.488 e. The third kappa shape index (κ3) is 4.64. The van der Waals surface area contributed by atoms with Crippen molar-refractivity contribution in [3.05, 3.63) is 65.5 Å². The SMILES string of the molecule is CCC(=O)N1CCN(C(=O)c2ccccc2OCc2ccc(F)cc2)CC1. The molecule has 6 heteroatoms. The van der Waals surface area contributed by atoms with Crippen LogP contribution in [-0.4, -0.2) is 47.8 Å². The first-order valence-electron chi connectivity index (χ1n) is 9.12. The number of rotatable bonds is 5. The Bertz CT molecular complexity index is 799. The van der Waals surface area contributed by atoms with Crippen LogP contribution in [0.3, 0.4) is 0 Å². The predicted molar refractivity (Wildman–Crippen MR) is 99.9 cm³/mol. The van der Waals surface area contributed by atoms with Gasteiger partial charge in [0.2, 0.25) is 5.91 Å². The van der Waals surface area contributed by atoms with Gasteiger partial charge in [0.05, 0.1) is 5.56 Å². The van der Waals surface area contributed by atoms with Crippen molar-refractivity contribution in [3.8, 4) is 5.75 Å². The number of nitrogens with zero attached hydrogens (tertiary/aromatic N) is 2. The van der Waals surface area contributed by atoms with Crippen LogP contribution in [0.4, 0.5) is 4.39 Å². The molecule has 2 aromatic rings. The first-order valence-corrected chi connectivity index (χ1v) is 9.12. The summed E-state index contributed by atoms with van der Waals surface area (Å²) in [6, 6.07) is 13.2. The van der Waals surface area contributed by atoms with E-state index in [1.807, 2.05) is 13.0 Å². The highest BCUT2D eigenvalue weighted by atomic mass is 19.1. The lowest BCUT2D eigenvalue weighted by Crippen LogP contribution is -2.50. The van der Waals surface area contributed by atoms with Crippen molar-refractivity contribution in [2.24, 2.45) is 0 Å². The van der Waals surface area contributed by atoms with E-state index in [4.69, 9.17) is 4.74 Å². The molecular weight excluding hydrogens is 347 g/mol. The van der Waals surface area contributed by atoms with Crippen molar-refractivity contribution in [3.63, 3.8) is 0 Å². The van der Waals surface area contributed by atoms with E-state index in [9.17, 15) is 14.0 Å². The summed E-state index contributed by atoms with van der Waals surface area (Å²) in [7, 11) is 0. The number of ether oxygens (including phenoxy) is 1. The monoisotopic (exact) mass is 370 g/mol. The second-order valence-electron chi connectivity index (χ2n) is 6.44. The Kier molecular flexibility index (Phi) is 6.06. The number of carbonyl (C=O) groups excluding carboxylic acids is 2. The lowest BCUT2D eigenvalue weighted by atomic mass is 10.1. The summed E-state index contributed by atoms with van der Waals surface area (Å²) in [5, 5.41) is 0. The minimum absolute atomic E-state index is 0.103. The quantitative estimate of drug-likeness (QED) is 0.813. The van der Waals surface area contributed by atoms with Crippen LogP contribution in [0.2, 0.25) is 0 Å². The first kappa shape index (κ1) is 18.9. The van der Waals surface area contributed by atoms with Gasteiger partial charge in [-0.15, -0.1) is 0 Å². The van der Waals surface area contributed by atoms with Crippen LogP contribution in [0.25, 0.3) is 0 Å². The molecular formula is C21H23FN2O3. The number of hydrogen-bond acceptors (Lipinski definition) is 3. The van der Waals surface area contributed by atoms with Crippen molar-refractivity contribution in [1.82, 2.24) is 9.80 Å². The van der Waals surface area contributed by atoms with Crippen LogP contribution in [0.5, 0.6) is 5.75 Å². The minimum atomic E-state index is -0.296. The zero-order valence-corrected chi connectivity index (χ0v) is 15.4. The highest BCUT2D eigenvalue weighted by Gasteiger charge is 2.25. The molecule has 5 nitrogen and oxygen atoms in total. The fraction of sp³-hybridized carbons (Fsp3) is 0.333. The topological polar surface area (TPSA) is 49.9 Å². The number of para-hydroxylation sites is 1. The van der Waals surface area contributed by atoms with Crippen LogP contribution in [-0.2, 0) is 11.4 Å². The molecule has 0 atom stereocenters. The molecule has 0 saturated carbocycles. The maximum Gasteiger partial charge on any atom is 0.257 e. The van der Waals surface area contributed by atoms with Gasteiger partial charge in [0, 0.05) is 32.6 Å². The van der Waals surface area contributed by atoms with E-state index in [0.29, 0.717) is 43.9 Å². The van der Waals surface area contributed by atoms with E-state index in [0.717, 1.165) is 5.56 Å². The Morgan fingerprint density at radius 3 is 2.26 bits per heavy atom. The molecule has 1 aliphatic rings. The lowest BCUT2D eigenvalue weighted by molar-refractivity contribution is -0.132. The molecule has 0 aliphatic carbocycles. The molecule has 1 heterocycles. The summed E-state index contributed by atoms with van der Waals surface area (Å²) in [6.07, 6.45) is 0.480. The van der Waals surface area contributed by atoms with E-state index in [-0.39, 0.29) is 24.2 Å². The van der Waals surface area contributed by atoms with Gasteiger partial charge in [-0.1, -0.05) is 31.2 Å². The van der Waals surface area contributed by atoms with Crippen LogP contribution >= 0.6 is 0 Å². The molecule has 27 heavy (non-hydrogen) atoms. The Hall–Kier alpha value is -2.89. The summed E-state index contributed by atoms with van der Waals surface area (Å²) in [6.45, 7) is 4.22. The van der Waals surface area contributed by atoms with Crippen LogP contribution in [0.1, 0.15) is 29.3 Å². The fourth-order valence-electron chi connectivity index (χ4n) is 3.06.